The second kappa shape index (κ2) is 8.18. The molecule has 0 aliphatic rings. The highest BCUT2D eigenvalue weighted by Crippen LogP contribution is 2.22. The van der Waals surface area contributed by atoms with Crippen LogP contribution in [0.15, 0.2) is 41.9 Å². The molecule has 2 N–H and O–H groups in total. The van der Waals surface area contributed by atoms with Gasteiger partial charge in [0.2, 0.25) is 0 Å². The number of amides is 2. The topological polar surface area (TPSA) is 76.0 Å². The molecule has 27 heavy (non-hydrogen) atoms. The number of carbonyl (C=O) groups excluding carboxylic acids is 2. The second-order valence-electron chi connectivity index (χ2n) is 6.18. The number of aromatic nitrogens is 2. The van der Waals surface area contributed by atoms with Crippen LogP contribution in [0.25, 0.3) is 5.13 Å². The van der Waals surface area contributed by atoms with Crippen molar-refractivity contribution in [2.24, 2.45) is 0 Å². The predicted molar refractivity (Wildman–Crippen MR) is 107 cm³/mol. The second-order valence-corrected chi connectivity index (χ2v) is 7.05. The van der Waals surface area contributed by atoms with E-state index < -0.39 is 0 Å². The minimum atomic E-state index is -0.144. The van der Waals surface area contributed by atoms with Gasteiger partial charge in [-0.25, -0.2) is 4.98 Å². The van der Waals surface area contributed by atoms with Crippen molar-refractivity contribution in [1.82, 2.24) is 20.2 Å². The molecule has 0 atom stereocenters. The molecule has 0 radical (unpaired) electrons. The third kappa shape index (κ3) is 4.09. The number of hydrogen-bond donors (Lipinski definition) is 2. The summed E-state index contributed by atoms with van der Waals surface area (Å²) in [6, 6.07) is 9.14. The summed E-state index contributed by atoms with van der Waals surface area (Å²) in [5.41, 5.74) is 3.91. The van der Waals surface area contributed by atoms with Gasteiger partial charge in [0.25, 0.3) is 11.8 Å². The zero-order valence-electron chi connectivity index (χ0n) is 15.6. The number of nitrogens with zero attached hydrogens (tertiary/aromatic N) is 2. The van der Waals surface area contributed by atoms with Crippen LogP contribution in [-0.2, 0) is 6.54 Å². The Morgan fingerprint density at radius 3 is 2.67 bits per heavy atom. The van der Waals surface area contributed by atoms with E-state index in [0.29, 0.717) is 24.2 Å². The SMILES string of the molecule is CCNC(=O)c1cccc(CNC(=O)c2cc(C)n(-c3nccs3)c2C)c1. The van der Waals surface area contributed by atoms with Crippen LogP contribution in [0.4, 0.5) is 0 Å². The fourth-order valence-electron chi connectivity index (χ4n) is 2.98. The van der Waals surface area contributed by atoms with Crippen molar-refractivity contribution in [2.75, 3.05) is 6.54 Å². The van der Waals surface area contributed by atoms with E-state index in [2.05, 4.69) is 15.6 Å². The molecule has 0 fully saturated rings. The van der Waals surface area contributed by atoms with Gasteiger partial charge in [-0.1, -0.05) is 12.1 Å². The van der Waals surface area contributed by atoms with Crippen LogP contribution in [0.5, 0.6) is 0 Å². The number of benzene rings is 1. The van der Waals surface area contributed by atoms with E-state index in [1.807, 2.05) is 48.9 Å². The van der Waals surface area contributed by atoms with Gasteiger partial charge in [0.1, 0.15) is 0 Å². The monoisotopic (exact) mass is 382 g/mol. The first kappa shape index (κ1) is 18.8. The van der Waals surface area contributed by atoms with E-state index in [9.17, 15) is 9.59 Å². The van der Waals surface area contributed by atoms with Gasteiger partial charge in [0.05, 0.1) is 5.56 Å². The number of aryl methyl sites for hydroxylation is 1. The Kier molecular flexibility index (Phi) is 5.71. The average molecular weight is 382 g/mol. The highest BCUT2D eigenvalue weighted by atomic mass is 32.1. The first-order valence-electron chi connectivity index (χ1n) is 8.75. The number of nitrogens with one attached hydrogen (secondary N) is 2. The van der Waals surface area contributed by atoms with Crippen LogP contribution >= 0.6 is 11.3 Å². The lowest BCUT2D eigenvalue weighted by Gasteiger charge is -2.08. The summed E-state index contributed by atoms with van der Waals surface area (Å²) in [6.07, 6.45) is 1.75. The Hall–Kier alpha value is -2.93. The first-order valence-corrected chi connectivity index (χ1v) is 9.63. The number of thiazole rings is 1. The smallest absolute Gasteiger partial charge is 0.253 e. The molecule has 1 aromatic carbocycles. The lowest BCUT2D eigenvalue weighted by Crippen LogP contribution is -2.24. The summed E-state index contributed by atoms with van der Waals surface area (Å²) in [7, 11) is 0. The normalized spacial score (nSPS) is 10.6. The van der Waals surface area contributed by atoms with Crippen LogP contribution in [0, 0.1) is 13.8 Å². The molecular formula is C20H22N4O2S. The molecule has 7 heteroatoms. The summed E-state index contributed by atoms with van der Waals surface area (Å²) in [6.45, 7) is 6.69. The highest BCUT2D eigenvalue weighted by molar-refractivity contribution is 7.12. The highest BCUT2D eigenvalue weighted by Gasteiger charge is 2.17. The third-order valence-electron chi connectivity index (χ3n) is 4.27. The van der Waals surface area contributed by atoms with Gasteiger partial charge in [-0.05, 0) is 44.5 Å². The summed E-state index contributed by atoms with van der Waals surface area (Å²) in [5.74, 6) is -0.257. The van der Waals surface area contributed by atoms with Gasteiger partial charge in [0, 0.05) is 41.6 Å². The Balaban J connectivity index is 1.73. The minimum absolute atomic E-state index is 0.113. The molecular weight excluding hydrogens is 360 g/mol. The molecule has 0 aliphatic heterocycles. The van der Waals surface area contributed by atoms with Crippen LogP contribution in [0.3, 0.4) is 0 Å². The summed E-state index contributed by atoms with van der Waals surface area (Å²) in [5, 5.41) is 8.47. The maximum absolute atomic E-state index is 12.7. The molecule has 0 saturated carbocycles. The van der Waals surface area contributed by atoms with Crippen molar-refractivity contribution in [2.45, 2.75) is 27.3 Å². The molecule has 3 aromatic rings. The average Bonchev–Trinajstić information content (AvgIpc) is 3.28. The Morgan fingerprint density at radius 1 is 1.15 bits per heavy atom. The summed E-state index contributed by atoms with van der Waals surface area (Å²) < 4.78 is 1.98. The van der Waals surface area contributed by atoms with E-state index >= 15 is 0 Å². The lowest BCUT2D eigenvalue weighted by molar-refractivity contribution is 0.0946. The van der Waals surface area contributed by atoms with Gasteiger partial charge >= 0.3 is 0 Å². The fourth-order valence-corrected chi connectivity index (χ4v) is 3.73. The lowest BCUT2D eigenvalue weighted by atomic mass is 10.1. The standard InChI is InChI=1S/C20H22N4O2S/c1-4-21-18(25)16-7-5-6-15(11-16)12-23-19(26)17-10-13(2)24(14(17)3)20-22-8-9-27-20/h5-11H,4,12H2,1-3H3,(H,21,25)(H,23,26). The van der Waals surface area contributed by atoms with Gasteiger partial charge in [-0.15, -0.1) is 11.3 Å². The van der Waals surface area contributed by atoms with Gasteiger partial charge in [0.15, 0.2) is 5.13 Å². The molecule has 2 aromatic heterocycles. The minimum Gasteiger partial charge on any atom is -0.352 e. The summed E-state index contributed by atoms with van der Waals surface area (Å²) >= 11 is 1.53. The quantitative estimate of drug-likeness (QED) is 0.687. The van der Waals surface area contributed by atoms with Crippen molar-refractivity contribution >= 4 is 23.2 Å². The van der Waals surface area contributed by atoms with Gasteiger partial charge < -0.3 is 10.6 Å². The van der Waals surface area contributed by atoms with E-state index in [4.69, 9.17) is 0 Å². The maximum atomic E-state index is 12.7. The van der Waals surface area contributed by atoms with Crippen LogP contribution in [0.2, 0.25) is 0 Å². The van der Waals surface area contributed by atoms with E-state index in [1.165, 1.54) is 11.3 Å². The molecule has 6 nitrogen and oxygen atoms in total. The van der Waals surface area contributed by atoms with Crippen molar-refractivity contribution in [3.05, 3.63) is 70.0 Å². The number of hydrogen-bond acceptors (Lipinski definition) is 4. The van der Waals surface area contributed by atoms with Crippen molar-refractivity contribution in [3.8, 4) is 5.13 Å². The molecule has 0 unspecified atom stereocenters. The number of carbonyl (C=O) groups is 2. The molecule has 3 rings (SSSR count). The molecule has 0 aliphatic carbocycles. The third-order valence-corrected chi connectivity index (χ3v) is 5.02. The Morgan fingerprint density at radius 2 is 1.96 bits per heavy atom. The van der Waals surface area contributed by atoms with E-state index in [-0.39, 0.29) is 11.8 Å². The van der Waals surface area contributed by atoms with E-state index in [1.54, 1.807) is 18.3 Å². The van der Waals surface area contributed by atoms with Crippen molar-refractivity contribution in [1.29, 1.82) is 0 Å². The first-order chi connectivity index (χ1) is 13.0. The van der Waals surface area contributed by atoms with Crippen molar-refractivity contribution < 1.29 is 9.59 Å². The number of rotatable bonds is 6. The van der Waals surface area contributed by atoms with Gasteiger partial charge in [-0.3, -0.25) is 14.2 Å². The Bertz CT molecular complexity index is 961. The molecule has 140 valence electrons. The summed E-state index contributed by atoms with van der Waals surface area (Å²) in [4.78, 5) is 28.9. The molecule has 0 spiro atoms. The van der Waals surface area contributed by atoms with Gasteiger partial charge in [-0.2, -0.15) is 0 Å². The van der Waals surface area contributed by atoms with Crippen LogP contribution < -0.4 is 10.6 Å². The largest absolute Gasteiger partial charge is 0.352 e. The molecule has 2 amide bonds. The zero-order chi connectivity index (χ0) is 19.4. The van der Waals surface area contributed by atoms with E-state index in [0.717, 1.165) is 22.1 Å². The molecule has 0 saturated heterocycles. The van der Waals surface area contributed by atoms with Crippen molar-refractivity contribution in [3.63, 3.8) is 0 Å². The van der Waals surface area contributed by atoms with Crippen LogP contribution in [-0.4, -0.2) is 27.9 Å². The molecule has 0 bridgehead atoms. The Labute approximate surface area is 162 Å². The predicted octanol–water partition coefficient (Wildman–Crippen LogP) is 3.23. The zero-order valence-corrected chi connectivity index (χ0v) is 16.4. The van der Waals surface area contributed by atoms with Crippen LogP contribution in [0.1, 0.15) is 44.6 Å². The molecule has 2 heterocycles. The maximum Gasteiger partial charge on any atom is 0.253 e. The fraction of sp³-hybridized carbons (Fsp3) is 0.250.